The Balaban J connectivity index is 1.98. The maximum atomic E-state index is 9.33. The number of hydrogen-bond donors (Lipinski definition) is 1. The van der Waals surface area contributed by atoms with Crippen LogP contribution in [0.2, 0.25) is 0 Å². The third-order valence-electron chi connectivity index (χ3n) is 2.27. The summed E-state index contributed by atoms with van der Waals surface area (Å²) in [6, 6.07) is 8.08. The molecule has 1 N–H and O–H groups in total. The van der Waals surface area contributed by atoms with Crippen LogP contribution in [-0.4, -0.2) is 23.6 Å². The van der Waals surface area contributed by atoms with Crippen LogP contribution >= 0.6 is 11.8 Å². The zero-order valence-electron chi connectivity index (χ0n) is 8.14. The Morgan fingerprint density at radius 1 is 1.36 bits per heavy atom. The molecule has 0 amide bonds. The smallest absolute Gasteiger partial charge is 0.0761 e. The highest BCUT2D eigenvalue weighted by atomic mass is 32.2. The summed E-state index contributed by atoms with van der Waals surface area (Å²) in [5.41, 5.74) is 0.971. The number of thioether (sulfide) groups is 1. The van der Waals surface area contributed by atoms with E-state index in [9.17, 15) is 5.11 Å². The predicted molar refractivity (Wildman–Crippen MR) is 57.5 cm³/mol. The first-order valence-electron chi connectivity index (χ1n) is 4.78. The summed E-state index contributed by atoms with van der Waals surface area (Å²) in [6.07, 6.45) is -0.374. The number of hydrogen-bond acceptors (Lipinski definition) is 3. The van der Waals surface area contributed by atoms with Crippen molar-refractivity contribution in [3.05, 3.63) is 29.8 Å². The summed E-state index contributed by atoms with van der Waals surface area (Å²) < 4.78 is 5.11. The first-order valence-corrected chi connectivity index (χ1v) is 5.66. The molecule has 0 unspecified atom stereocenters. The van der Waals surface area contributed by atoms with Crippen LogP contribution in [0.5, 0.6) is 0 Å². The molecule has 3 heteroatoms. The average molecular weight is 210 g/mol. The topological polar surface area (TPSA) is 29.5 Å². The predicted octanol–water partition coefficient (Wildman–Crippen LogP) is 2.23. The molecular formula is C11H14O2S. The van der Waals surface area contributed by atoms with Gasteiger partial charge < -0.3 is 9.84 Å². The van der Waals surface area contributed by atoms with Crippen LogP contribution in [0.4, 0.5) is 0 Å². The summed E-state index contributed by atoms with van der Waals surface area (Å²) in [5, 5.41) is 9.94. The van der Waals surface area contributed by atoms with Crippen molar-refractivity contribution in [1.29, 1.82) is 0 Å². The van der Waals surface area contributed by atoms with Gasteiger partial charge in [-0.15, -0.1) is 11.8 Å². The summed E-state index contributed by atoms with van der Waals surface area (Å²) in [6.45, 7) is 3.51. The van der Waals surface area contributed by atoms with E-state index in [1.54, 1.807) is 6.92 Å². The van der Waals surface area contributed by atoms with Gasteiger partial charge in [-0.2, -0.15) is 0 Å². The van der Waals surface area contributed by atoms with Gasteiger partial charge in [-0.1, -0.05) is 12.1 Å². The number of ether oxygens (including phenoxy) is 1. The summed E-state index contributed by atoms with van der Waals surface area (Å²) in [7, 11) is 0. The van der Waals surface area contributed by atoms with Gasteiger partial charge in [0, 0.05) is 4.90 Å². The van der Waals surface area contributed by atoms with Crippen LogP contribution in [0.25, 0.3) is 0 Å². The van der Waals surface area contributed by atoms with Gasteiger partial charge in [-0.3, -0.25) is 0 Å². The zero-order valence-corrected chi connectivity index (χ0v) is 8.96. The standard InChI is InChI=1S/C11H14O2S/c1-8(12)9-2-4-10(5-3-9)14-11-6-13-7-11/h2-5,8,11-12H,6-7H2,1H3/t8-/m1/s1. The Kier molecular flexibility index (Phi) is 3.11. The summed E-state index contributed by atoms with van der Waals surface area (Å²) in [5.74, 6) is 0. The average Bonchev–Trinajstić information content (AvgIpc) is 2.12. The van der Waals surface area contributed by atoms with E-state index in [1.165, 1.54) is 4.90 Å². The molecule has 76 valence electrons. The molecule has 0 saturated carbocycles. The van der Waals surface area contributed by atoms with Gasteiger partial charge in [0.25, 0.3) is 0 Å². The van der Waals surface area contributed by atoms with E-state index >= 15 is 0 Å². The molecule has 2 rings (SSSR count). The molecule has 0 radical (unpaired) electrons. The van der Waals surface area contributed by atoms with Crippen molar-refractivity contribution in [1.82, 2.24) is 0 Å². The third-order valence-corrected chi connectivity index (χ3v) is 3.42. The fourth-order valence-electron chi connectivity index (χ4n) is 1.30. The second-order valence-electron chi connectivity index (χ2n) is 3.52. The number of aliphatic hydroxyl groups excluding tert-OH is 1. The molecule has 1 heterocycles. The quantitative estimate of drug-likeness (QED) is 0.829. The molecule has 0 aliphatic carbocycles. The number of benzene rings is 1. The van der Waals surface area contributed by atoms with Crippen molar-refractivity contribution in [2.75, 3.05) is 13.2 Å². The number of aliphatic hydroxyl groups is 1. The van der Waals surface area contributed by atoms with Crippen LogP contribution < -0.4 is 0 Å². The zero-order chi connectivity index (χ0) is 9.97. The van der Waals surface area contributed by atoms with Crippen molar-refractivity contribution in [3.8, 4) is 0 Å². The molecule has 2 nitrogen and oxygen atoms in total. The van der Waals surface area contributed by atoms with E-state index in [4.69, 9.17) is 4.74 Å². The molecule has 0 bridgehead atoms. The molecule has 1 aromatic carbocycles. The maximum Gasteiger partial charge on any atom is 0.0761 e. The highest BCUT2D eigenvalue weighted by Gasteiger charge is 2.19. The van der Waals surface area contributed by atoms with E-state index in [0.717, 1.165) is 18.8 Å². The van der Waals surface area contributed by atoms with Gasteiger partial charge in [0.15, 0.2) is 0 Å². The second kappa shape index (κ2) is 4.34. The van der Waals surface area contributed by atoms with E-state index in [2.05, 4.69) is 12.1 Å². The van der Waals surface area contributed by atoms with Crippen molar-refractivity contribution in [2.45, 2.75) is 23.2 Å². The Labute approximate surface area is 88.3 Å². The van der Waals surface area contributed by atoms with Crippen molar-refractivity contribution < 1.29 is 9.84 Å². The molecule has 1 aliphatic rings. The second-order valence-corrected chi connectivity index (χ2v) is 4.90. The minimum atomic E-state index is -0.374. The SMILES string of the molecule is C[C@@H](O)c1ccc(SC2COC2)cc1. The molecule has 1 aliphatic heterocycles. The van der Waals surface area contributed by atoms with Crippen molar-refractivity contribution in [3.63, 3.8) is 0 Å². The van der Waals surface area contributed by atoms with Crippen LogP contribution in [0.3, 0.4) is 0 Å². The summed E-state index contributed by atoms with van der Waals surface area (Å²) >= 11 is 1.84. The van der Waals surface area contributed by atoms with Gasteiger partial charge in [-0.25, -0.2) is 0 Å². The largest absolute Gasteiger partial charge is 0.389 e. The monoisotopic (exact) mass is 210 g/mol. The van der Waals surface area contributed by atoms with Gasteiger partial charge in [0.05, 0.1) is 24.6 Å². The molecule has 0 aromatic heterocycles. The lowest BCUT2D eigenvalue weighted by Crippen LogP contribution is -2.29. The molecular weight excluding hydrogens is 196 g/mol. The van der Waals surface area contributed by atoms with Gasteiger partial charge in [0.2, 0.25) is 0 Å². The minimum Gasteiger partial charge on any atom is -0.389 e. The Hall–Kier alpha value is -0.510. The lowest BCUT2D eigenvalue weighted by Gasteiger charge is -2.25. The first-order chi connectivity index (χ1) is 6.75. The van der Waals surface area contributed by atoms with Gasteiger partial charge >= 0.3 is 0 Å². The molecule has 1 atom stereocenters. The van der Waals surface area contributed by atoms with E-state index in [1.807, 2.05) is 23.9 Å². The molecule has 1 saturated heterocycles. The lowest BCUT2D eigenvalue weighted by molar-refractivity contribution is 0.0455. The Bertz CT molecular complexity index is 291. The third kappa shape index (κ3) is 2.29. The first kappa shape index (κ1) is 10.0. The van der Waals surface area contributed by atoms with Gasteiger partial charge in [0.1, 0.15) is 0 Å². The lowest BCUT2D eigenvalue weighted by atomic mass is 10.1. The minimum absolute atomic E-state index is 0.374. The molecule has 0 spiro atoms. The molecule has 14 heavy (non-hydrogen) atoms. The fourth-order valence-corrected chi connectivity index (χ4v) is 2.31. The fraction of sp³-hybridized carbons (Fsp3) is 0.455. The van der Waals surface area contributed by atoms with Crippen molar-refractivity contribution in [2.24, 2.45) is 0 Å². The van der Waals surface area contributed by atoms with Crippen LogP contribution in [-0.2, 0) is 4.74 Å². The van der Waals surface area contributed by atoms with Gasteiger partial charge in [-0.05, 0) is 24.6 Å². The maximum absolute atomic E-state index is 9.33. The van der Waals surface area contributed by atoms with E-state index < -0.39 is 0 Å². The number of rotatable bonds is 3. The van der Waals surface area contributed by atoms with E-state index in [0.29, 0.717) is 5.25 Å². The van der Waals surface area contributed by atoms with E-state index in [-0.39, 0.29) is 6.10 Å². The normalized spacial score (nSPS) is 19.0. The van der Waals surface area contributed by atoms with Crippen LogP contribution in [0.1, 0.15) is 18.6 Å². The molecule has 1 aromatic rings. The Morgan fingerprint density at radius 3 is 2.43 bits per heavy atom. The summed E-state index contributed by atoms with van der Waals surface area (Å²) in [4.78, 5) is 1.25. The highest BCUT2D eigenvalue weighted by molar-refractivity contribution is 8.00. The van der Waals surface area contributed by atoms with Crippen molar-refractivity contribution >= 4 is 11.8 Å². The molecule has 1 fully saturated rings. The highest BCUT2D eigenvalue weighted by Crippen LogP contribution is 2.28. The van der Waals surface area contributed by atoms with Crippen LogP contribution in [0.15, 0.2) is 29.2 Å². The van der Waals surface area contributed by atoms with Crippen LogP contribution in [0, 0.1) is 0 Å². The Morgan fingerprint density at radius 2 is 2.00 bits per heavy atom.